The third-order valence-electron chi connectivity index (χ3n) is 5.47. The second-order valence-electron chi connectivity index (χ2n) is 7.83. The highest BCUT2D eigenvalue weighted by Gasteiger charge is 2.23. The Labute approximate surface area is 209 Å². The molecule has 0 saturated carbocycles. The van der Waals surface area contributed by atoms with E-state index >= 15 is 0 Å². The van der Waals surface area contributed by atoms with Crippen LogP contribution in [0.1, 0.15) is 22.3 Å². The van der Waals surface area contributed by atoms with Crippen LogP contribution in [0.2, 0.25) is 0 Å². The van der Waals surface area contributed by atoms with E-state index in [4.69, 9.17) is 19.9 Å². The van der Waals surface area contributed by atoms with E-state index < -0.39 is 17.3 Å². The zero-order valence-electron chi connectivity index (χ0n) is 18.6. The van der Waals surface area contributed by atoms with Crippen LogP contribution < -0.4 is 26.1 Å². The second-order valence-corrected chi connectivity index (χ2v) is 9.07. The SMILES string of the molecule is Cc1c(Oc2cc(=O)n(C)c(Nc3ccc(I)cc3F)c2C(N)=O)cccc1OC1CCOC1. The molecule has 1 aliphatic rings. The fraction of sp³-hybridized carbons (Fsp3) is 0.250. The van der Waals surface area contributed by atoms with Gasteiger partial charge in [0.25, 0.3) is 11.5 Å². The zero-order valence-corrected chi connectivity index (χ0v) is 20.7. The number of hydrogen-bond donors (Lipinski definition) is 2. The van der Waals surface area contributed by atoms with E-state index in [9.17, 15) is 14.0 Å². The molecular weight excluding hydrogens is 556 g/mol. The van der Waals surface area contributed by atoms with Crippen LogP contribution in [0.4, 0.5) is 15.9 Å². The van der Waals surface area contributed by atoms with E-state index in [1.54, 1.807) is 18.2 Å². The quantitative estimate of drug-likeness (QED) is 0.406. The number of halogens is 2. The Hall–Kier alpha value is -3.12. The van der Waals surface area contributed by atoms with Crippen molar-refractivity contribution in [3.63, 3.8) is 0 Å². The van der Waals surface area contributed by atoms with Crippen molar-refractivity contribution in [1.29, 1.82) is 0 Å². The molecular formula is C24H23FIN3O5. The number of carbonyl (C=O) groups is 1. The zero-order chi connectivity index (χ0) is 24.4. The van der Waals surface area contributed by atoms with Gasteiger partial charge in [-0.3, -0.25) is 14.2 Å². The van der Waals surface area contributed by atoms with E-state index in [-0.39, 0.29) is 28.9 Å². The molecule has 4 rings (SSSR count). The predicted octanol–water partition coefficient (Wildman–Crippen LogP) is 4.24. The first kappa shape index (κ1) is 24.0. The number of amides is 1. The lowest BCUT2D eigenvalue weighted by Crippen LogP contribution is -2.25. The maximum Gasteiger partial charge on any atom is 0.256 e. The summed E-state index contributed by atoms with van der Waals surface area (Å²) in [7, 11) is 1.45. The lowest BCUT2D eigenvalue weighted by Gasteiger charge is -2.20. The highest BCUT2D eigenvalue weighted by atomic mass is 127. The summed E-state index contributed by atoms with van der Waals surface area (Å²) in [6.07, 6.45) is 0.730. The average molecular weight is 579 g/mol. The molecule has 2 heterocycles. The minimum Gasteiger partial charge on any atom is -0.488 e. The number of carbonyl (C=O) groups excluding carboxylic acids is 1. The number of ether oxygens (including phenoxy) is 3. The smallest absolute Gasteiger partial charge is 0.256 e. The summed E-state index contributed by atoms with van der Waals surface area (Å²) in [5, 5.41) is 2.82. The van der Waals surface area contributed by atoms with Gasteiger partial charge in [0, 0.05) is 28.7 Å². The second kappa shape index (κ2) is 10.0. The van der Waals surface area contributed by atoms with Crippen molar-refractivity contribution in [2.24, 2.45) is 12.8 Å². The van der Waals surface area contributed by atoms with E-state index in [0.29, 0.717) is 33.8 Å². The van der Waals surface area contributed by atoms with Gasteiger partial charge in [-0.2, -0.15) is 0 Å². The van der Waals surface area contributed by atoms with Crippen LogP contribution in [-0.2, 0) is 11.8 Å². The maximum absolute atomic E-state index is 14.5. The van der Waals surface area contributed by atoms with Crippen molar-refractivity contribution in [2.75, 3.05) is 18.5 Å². The summed E-state index contributed by atoms with van der Waals surface area (Å²) < 4.78 is 33.7. The molecule has 1 saturated heterocycles. The van der Waals surface area contributed by atoms with Crippen molar-refractivity contribution < 1.29 is 23.4 Å². The molecule has 3 aromatic rings. The van der Waals surface area contributed by atoms with E-state index in [2.05, 4.69) is 5.32 Å². The summed E-state index contributed by atoms with van der Waals surface area (Å²) in [6.45, 7) is 2.97. The maximum atomic E-state index is 14.5. The van der Waals surface area contributed by atoms with Gasteiger partial charge in [-0.05, 0) is 59.8 Å². The average Bonchev–Trinajstić information content (AvgIpc) is 3.29. The molecule has 0 aliphatic carbocycles. The molecule has 0 spiro atoms. The first-order chi connectivity index (χ1) is 16.2. The third-order valence-corrected chi connectivity index (χ3v) is 6.14. The number of primary amides is 1. The molecule has 10 heteroatoms. The topological polar surface area (TPSA) is 105 Å². The third kappa shape index (κ3) is 5.02. The van der Waals surface area contributed by atoms with Crippen molar-refractivity contribution in [2.45, 2.75) is 19.4 Å². The monoisotopic (exact) mass is 579 g/mol. The highest BCUT2D eigenvalue weighted by Crippen LogP contribution is 2.35. The van der Waals surface area contributed by atoms with Gasteiger partial charge in [0.2, 0.25) is 0 Å². The largest absolute Gasteiger partial charge is 0.488 e. The van der Waals surface area contributed by atoms with Crippen LogP contribution in [0.5, 0.6) is 17.2 Å². The number of nitrogens with two attached hydrogens (primary N) is 1. The van der Waals surface area contributed by atoms with E-state index in [0.717, 1.165) is 6.42 Å². The van der Waals surface area contributed by atoms with Crippen LogP contribution >= 0.6 is 22.6 Å². The van der Waals surface area contributed by atoms with Gasteiger partial charge < -0.3 is 25.3 Å². The number of hydrogen-bond acceptors (Lipinski definition) is 6. The minimum absolute atomic E-state index is 0.0169. The van der Waals surface area contributed by atoms with Crippen LogP contribution in [-0.4, -0.2) is 29.8 Å². The van der Waals surface area contributed by atoms with Gasteiger partial charge in [0.05, 0.1) is 18.9 Å². The van der Waals surface area contributed by atoms with Gasteiger partial charge in [-0.15, -0.1) is 0 Å². The normalized spacial score (nSPS) is 15.2. The Kier molecular flexibility index (Phi) is 7.08. The molecule has 8 nitrogen and oxygen atoms in total. The van der Waals surface area contributed by atoms with Crippen LogP contribution in [0, 0.1) is 16.3 Å². The van der Waals surface area contributed by atoms with Crippen molar-refractivity contribution in [3.05, 3.63) is 73.3 Å². The Bertz CT molecular complexity index is 1300. The molecule has 34 heavy (non-hydrogen) atoms. The van der Waals surface area contributed by atoms with Crippen LogP contribution in [0.25, 0.3) is 0 Å². The molecule has 1 amide bonds. The number of pyridine rings is 1. The predicted molar refractivity (Wildman–Crippen MR) is 134 cm³/mol. The fourth-order valence-electron chi connectivity index (χ4n) is 3.60. The summed E-state index contributed by atoms with van der Waals surface area (Å²) in [6, 6.07) is 11.0. The van der Waals surface area contributed by atoms with Crippen molar-refractivity contribution in [1.82, 2.24) is 4.57 Å². The number of aromatic nitrogens is 1. The summed E-state index contributed by atoms with van der Waals surface area (Å²) >= 11 is 1.99. The summed E-state index contributed by atoms with van der Waals surface area (Å²) in [5.41, 5.74) is 5.88. The molecule has 0 radical (unpaired) electrons. The van der Waals surface area contributed by atoms with Gasteiger partial charge in [0.15, 0.2) is 0 Å². The Morgan fingerprint density at radius 2 is 2.00 bits per heavy atom. The number of nitrogens with zero attached hydrogens (tertiary/aromatic N) is 1. The molecule has 1 aromatic heterocycles. The lowest BCUT2D eigenvalue weighted by atomic mass is 10.1. The van der Waals surface area contributed by atoms with Gasteiger partial charge in [-0.25, -0.2) is 4.39 Å². The molecule has 1 fully saturated rings. The molecule has 3 N–H and O–H groups in total. The molecule has 1 atom stereocenters. The first-order valence-electron chi connectivity index (χ1n) is 10.5. The van der Waals surface area contributed by atoms with Crippen LogP contribution in [0.15, 0.2) is 47.3 Å². The molecule has 1 aliphatic heterocycles. The van der Waals surface area contributed by atoms with E-state index in [1.165, 1.54) is 29.8 Å². The Balaban J connectivity index is 1.74. The number of rotatable bonds is 7. The number of nitrogens with one attached hydrogen (secondary N) is 1. The molecule has 0 bridgehead atoms. The summed E-state index contributed by atoms with van der Waals surface area (Å²) in [5.74, 6) is -0.420. The highest BCUT2D eigenvalue weighted by molar-refractivity contribution is 14.1. The fourth-order valence-corrected chi connectivity index (χ4v) is 4.05. The number of anilines is 2. The van der Waals surface area contributed by atoms with Crippen LogP contribution in [0.3, 0.4) is 0 Å². The minimum atomic E-state index is -0.841. The molecule has 1 unspecified atom stereocenters. The van der Waals surface area contributed by atoms with Gasteiger partial charge in [-0.1, -0.05) is 6.07 Å². The molecule has 2 aromatic carbocycles. The van der Waals surface area contributed by atoms with Gasteiger partial charge in [0.1, 0.15) is 40.6 Å². The molecule has 178 valence electrons. The number of benzene rings is 2. The lowest BCUT2D eigenvalue weighted by molar-refractivity contribution is 0.0998. The first-order valence-corrected chi connectivity index (χ1v) is 11.6. The Morgan fingerprint density at radius 1 is 1.24 bits per heavy atom. The standard InChI is InChI=1S/C24H23FIN3O5/c1-13-18(33-15-8-9-32-12-15)4-3-5-19(13)34-20-11-21(30)29(2)24(22(20)23(27)31)28-17-7-6-14(26)10-16(17)25/h3-7,10-11,15,28H,8-9,12H2,1-2H3,(H2,27,31). The van der Waals surface area contributed by atoms with Crippen molar-refractivity contribution >= 4 is 40.0 Å². The summed E-state index contributed by atoms with van der Waals surface area (Å²) in [4.78, 5) is 25.2. The van der Waals surface area contributed by atoms with Crippen molar-refractivity contribution in [3.8, 4) is 17.2 Å². The Morgan fingerprint density at radius 3 is 2.68 bits per heavy atom. The van der Waals surface area contributed by atoms with Gasteiger partial charge >= 0.3 is 0 Å². The van der Waals surface area contributed by atoms with E-state index in [1.807, 2.05) is 35.6 Å².